The van der Waals surface area contributed by atoms with Crippen LogP contribution in [0.25, 0.3) is 0 Å². The number of aromatic nitrogens is 1. The van der Waals surface area contributed by atoms with Crippen molar-refractivity contribution in [2.75, 3.05) is 31.6 Å². The molecule has 0 aliphatic heterocycles. The molecule has 0 saturated heterocycles. The van der Waals surface area contributed by atoms with Gasteiger partial charge >= 0.3 is 0 Å². The molecule has 1 aromatic rings. The fourth-order valence-electron chi connectivity index (χ4n) is 1.86. The summed E-state index contributed by atoms with van der Waals surface area (Å²) in [6.45, 7) is 5.03. The minimum Gasteiger partial charge on any atom is -0.396 e. The van der Waals surface area contributed by atoms with Crippen molar-refractivity contribution in [2.45, 2.75) is 20.3 Å². The van der Waals surface area contributed by atoms with Crippen molar-refractivity contribution < 1.29 is 14.8 Å². The highest BCUT2D eigenvalue weighted by atomic mass is 16.6. The summed E-state index contributed by atoms with van der Waals surface area (Å²) in [5, 5.41) is 22.6. The monoisotopic (exact) mass is 296 g/mol. The second kappa shape index (κ2) is 8.15. The maximum absolute atomic E-state index is 12.5. The highest BCUT2D eigenvalue weighted by Gasteiger charge is 2.21. The number of carbonyl (C=O) groups excluding carboxylic acids is 1. The van der Waals surface area contributed by atoms with Crippen LogP contribution in [-0.2, 0) is 0 Å². The quantitative estimate of drug-likeness (QED) is 0.552. The summed E-state index contributed by atoms with van der Waals surface area (Å²) in [6.07, 6.45) is 1.58. The van der Waals surface area contributed by atoms with Crippen LogP contribution in [0.1, 0.15) is 30.6 Å². The molecule has 0 unspecified atom stereocenters. The molecule has 0 spiro atoms. The van der Waals surface area contributed by atoms with Gasteiger partial charge in [-0.3, -0.25) is 14.9 Å². The van der Waals surface area contributed by atoms with Gasteiger partial charge in [-0.1, -0.05) is 0 Å². The third-order valence-corrected chi connectivity index (χ3v) is 2.91. The second-order valence-corrected chi connectivity index (χ2v) is 4.34. The first-order chi connectivity index (χ1) is 10.0. The predicted octanol–water partition coefficient (Wildman–Crippen LogP) is 1.27. The van der Waals surface area contributed by atoms with Crippen molar-refractivity contribution in [3.63, 3.8) is 0 Å². The number of nitrogens with one attached hydrogen (secondary N) is 1. The topological polar surface area (TPSA) is 109 Å². The smallest absolute Gasteiger partial charge is 0.288 e. The Balaban J connectivity index is 3.13. The van der Waals surface area contributed by atoms with Crippen molar-refractivity contribution in [3.8, 4) is 0 Å². The minimum absolute atomic E-state index is 0.0168. The van der Waals surface area contributed by atoms with Crippen LogP contribution >= 0.6 is 0 Å². The molecule has 0 bridgehead atoms. The van der Waals surface area contributed by atoms with Gasteiger partial charge in [0.25, 0.3) is 11.6 Å². The first-order valence-electron chi connectivity index (χ1n) is 6.83. The largest absolute Gasteiger partial charge is 0.396 e. The summed E-state index contributed by atoms with van der Waals surface area (Å²) in [5.74, 6) is -0.00588. The first-order valence-corrected chi connectivity index (χ1v) is 6.83. The number of anilines is 1. The van der Waals surface area contributed by atoms with E-state index in [1.807, 2.05) is 13.8 Å². The lowest BCUT2D eigenvalue weighted by Gasteiger charge is -2.21. The number of hydrogen-bond donors (Lipinski definition) is 2. The maximum atomic E-state index is 12.5. The number of carbonyl (C=O) groups is 1. The summed E-state index contributed by atoms with van der Waals surface area (Å²) >= 11 is 0. The average molecular weight is 296 g/mol. The van der Waals surface area contributed by atoms with Gasteiger partial charge in [0.2, 0.25) is 0 Å². The predicted molar refractivity (Wildman–Crippen MR) is 78.3 cm³/mol. The van der Waals surface area contributed by atoms with E-state index >= 15 is 0 Å². The molecule has 0 saturated carbocycles. The van der Waals surface area contributed by atoms with Gasteiger partial charge in [-0.15, -0.1) is 0 Å². The number of amides is 1. The van der Waals surface area contributed by atoms with Crippen molar-refractivity contribution in [3.05, 3.63) is 27.9 Å². The molecule has 2 N–H and O–H groups in total. The lowest BCUT2D eigenvalue weighted by atomic mass is 10.2. The minimum atomic E-state index is -0.580. The molecule has 8 heteroatoms. The molecule has 21 heavy (non-hydrogen) atoms. The number of rotatable bonds is 8. The molecule has 0 aliphatic rings. The number of hydrogen-bond acceptors (Lipinski definition) is 6. The van der Waals surface area contributed by atoms with Crippen LogP contribution in [0.3, 0.4) is 0 Å². The van der Waals surface area contributed by atoms with E-state index in [0.717, 1.165) is 6.20 Å². The fourth-order valence-corrected chi connectivity index (χ4v) is 1.86. The number of nitrogens with zero attached hydrogens (tertiary/aromatic N) is 3. The van der Waals surface area contributed by atoms with E-state index < -0.39 is 4.92 Å². The first kappa shape index (κ1) is 16.8. The van der Waals surface area contributed by atoms with E-state index in [0.29, 0.717) is 31.9 Å². The van der Waals surface area contributed by atoms with E-state index in [1.54, 1.807) is 0 Å². The number of aliphatic hydroxyl groups excluding tert-OH is 1. The Bertz CT molecular complexity index is 507. The summed E-state index contributed by atoms with van der Waals surface area (Å²) < 4.78 is 0. The summed E-state index contributed by atoms with van der Waals surface area (Å²) in [5.41, 5.74) is -0.0518. The van der Waals surface area contributed by atoms with Crippen LogP contribution in [0.2, 0.25) is 0 Å². The summed E-state index contributed by atoms with van der Waals surface area (Å²) in [7, 11) is 0. The zero-order valence-electron chi connectivity index (χ0n) is 12.2. The third-order valence-electron chi connectivity index (χ3n) is 2.91. The summed E-state index contributed by atoms with van der Waals surface area (Å²) in [6, 6.07) is 1.23. The van der Waals surface area contributed by atoms with Crippen molar-refractivity contribution in [1.82, 2.24) is 9.88 Å². The lowest BCUT2D eigenvalue weighted by Crippen LogP contribution is -2.33. The van der Waals surface area contributed by atoms with Gasteiger partial charge in [0.1, 0.15) is 12.0 Å². The van der Waals surface area contributed by atoms with Crippen LogP contribution in [0.5, 0.6) is 0 Å². The van der Waals surface area contributed by atoms with Gasteiger partial charge in [0.15, 0.2) is 0 Å². The molecule has 0 atom stereocenters. The van der Waals surface area contributed by atoms with Gasteiger partial charge in [0, 0.05) is 32.3 Å². The molecular formula is C13H20N4O4. The normalized spacial score (nSPS) is 10.2. The lowest BCUT2D eigenvalue weighted by molar-refractivity contribution is -0.385. The average Bonchev–Trinajstić information content (AvgIpc) is 2.48. The van der Waals surface area contributed by atoms with Crippen LogP contribution in [0, 0.1) is 10.1 Å². The van der Waals surface area contributed by atoms with Gasteiger partial charge < -0.3 is 15.3 Å². The molecule has 0 aliphatic carbocycles. The van der Waals surface area contributed by atoms with E-state index in [-0.39, 0.29) is 23.8 Å². The van der Waals surface area contributed by atoms with Crippen LogP contribution in [0.15, 0.2) is 12.3 Å². The number of aliphatic hydroxyl groups is 1. The summed E-state index contributed by atoms with van der Waals surface area (Å²) in [4.78, 5) is 28.2. The molecule has 1 heterocycles. The van der Waals surface area contributed by atoms with Crippen LogP contribution in [0.4, 0.5) is 11.5 Å². The molecule has 0 radical (unpaired) electrons. The molecule has 8 nitrogen and oxygen atoms in total. The van der Waals surface area contributed by atoms with Crippen molar-refractivity contribution in [1.29, 1.82) is 0 Å². The molecule has 1 rings (SSSR count). The highest BCUT2D eigenvalue weighted by molar-refractivity contribution is 5.99. The van der Waals surface area contributed by atoms with Crippen molar-refractivity contribution >= 4 is 17.4 Å². The number of nitro groups is 1. The van der Waals surface area contributed by atoms with Gasteiger partial charge in [0.05, 0.1) is 10.5 Å². The third kappa shape index (κ3) is 4.38. The second-order valence-electron chi connectivity index (χ2n) is 4.34. The van der Waals surface area contributed by atoms with E-state index in [4.69, 9.17) is 5.11 Å². The zero-order valence-corrected chi connectivity index (χ0v) is 12.2. The van der Waals surface area contributed by atoms with E-state index in [2.05, 4.69) is 10.3 Å². The van der Waals surface area contributed by atoms with Crippen molar-refractivity contribution in [2.24, 2.45) is 0 Å². The molecule has 116 valence electrons. The Hall–Kier alpha value is -2.22. The Morgan fingerprint density at radius 1 is 1.52 bits per heavy atom. The standard InChI is InChI=1S/C13H20N4O4/c1-3-14-12-11(8-10(9-15-12)17(20)21)13(19)16(4-2)6-5-7-18/h8-9,18H,3-7H2,1-2H3,(H,14,15). The number of pyridine rings is 1. The molecule has 1 amide bonds. The van der Waals surface area contributed by atoms with E-state index in [9.17, 15) is 14.9 Å². The fraction of sp³-hybridized carbons (Fsp3) is 0.538. The molecule has 0 aromatic carbocycles. The highest BCUT2D eigenvalue weighted by Crippen LogP contribution is 2.21. The molecular weight excluding hydrogens is 276 g/mol. The Morgan fingerprint density at radius 2 is 2.24 bits per heavy atom. The Morgan fingerprint density at radius 3 is 2.76 bits per heavy atom. The Kier molecular flexibility index (Phi) is 6.54. The van der Waals surface area contributed by atoms with Crippen LogP contribution in [-0.4, -0.2) is 52.1 Å². The SMILES string of the molecule is CCNc1ncc([N+](=O)[O-])cc1C(=O)N(CC)CCCO. The van der Waals surface area contributed by atoms with Gasteiger partial charge in [-0.25, -0.2) is 4.98 Å². The maximum Gasteiger partial charge on any atom is 0.288 e. The zero-order chi connectivity index (χ0) is 15.8. The van der Waals surface area contributed by atoms with Crippen LogP contribution < -0.4 is 5.32 Å². The van der Waals surface area contributed by atoms with Gasteiger partial charge in [-0.05, 0) is 20.3 Å². The molecule has 0 fully saturated rings. The Labute approximate surface area is 122 Å². The van der Waals surface area contributed by atoms with E-state index in [1.165, 1.54) is 11.0 Å². The molecule has 1 aromatic heterocycles. The van der Waals surface area contributed by atoms with Gasteiger partial charge in [-0.2, -0.15) is 0 Å².